The second kappa shape index (κ2) is 5.71. The highest BCUT2D eigenvalue weighted by molar-refractivity contribution is 7.15. The first-order valence-corrected chi connectivity index (χ1v) is 7.63. The van der Waals surface area contributed by atoms with Gasteiger partial charge in [-0.1, -0.05) is 26.0 Å². The first-order chi connectivity index (χ1) is 9.74. The van der Waals surface area contributed by atoms with Crippen LogP contribution in [0.3, 0.4) is 0 Å². The Morgan fingerprint density at radius 3 is 2.95 bits per heavy atom. The lowest BCUT2D eigenvalue weighted by Gasteiger charge is -2.20. The van der Waals surface area contributed by atoms with Crippen LogP contribution in [0.1, 0.15) is 30.2 Å². The second-order valence-corrected chi connectivity index (χ2v) is 6.08. The van der Waals surface area contributed by atoms with Gasteiger partial charge in [-0.3, -0.25) is 0 Å². The predicted molar refractivity (Wildman–Crippen MR) is 81.0 cm³/mol. The number of aromatic nitrogens is 1. The summed E-state index contributed by atoms with van der Waals surface area (Å²) >= 11 is 1.70. The van der Waals surface area contributed by atoms with Gasteiger partial charge in [0.2, 0.25) is 0 Å². The van der Waals surface area contributed by atoms with Crippen molar-refractivity contribution in [2.75, 3.05) is 18.5 Å². The highest BCUT2D eigenvalue weighted by Crippen LogP contribution is 2.34. The Labute approximate surface area is 122 Å². The highest BCUT2D eigenvalue weighted by Gasteiger charge is 2.15. The molecule has 2 aromatic rings. The van der Waals surface area contributed by atoms with Gasteiger partial charge in [0.15, 0.2) is 16.6 Å². The molecule has 0 spiro atoms. The van der Waals surface area contributed by atoms with E-state index in [-0.39, 0.29) is 0 Å². The van der Waals surface area contributed by atoms with Crippen LogP contribution in [0.5, 0.6) is 11.5 Å². The SMILES string of the molecule is CC(C)c1cnc(NCc2cccc3c2OCCO3)s1. The van der Waals surface area contributed by atoms with Crippen molar-refractivity contribution in [3.8, 4) is 11.5 Å². The predicted octanol–water partition coefficient (Wildman–Crippen LogP) is 3.65. The van der Waals surface area contributed by atoms with Gasteiger partial charge in [0.1, 0.15) is 13.2 Å². The first-order valence-electron chi connectivity index (χ1n) is 6.81. The van der Waals surface area contributed by atoms with Crippen molar-refractivity contribution in [2.45, 2.75) is 26.3 Å². The van der Waals surface area contributed by atoms with Crippen LogP contribution in [-0.2, 0) is 6.54 Å². The van der Waals surface area contributed by atoms with E-state index in [0.717, 1.165) is 22.2 Å². The molecule has 1 aromatic carbocycles. The molecule has 0 radical (unpaired) electrons. The molecule has 2 heterocycles. The molecule has 20 heavy (non-hydrogen) atoms. The zero-order chi connectivity index (χ0) is 13.9. The summed E-state index contributed by atoms with van der Waals surface area (Å²) in [6.07, 6.45) is 1.94. The fourth-order valence-electron chi connectivity index (χ4n) is 2.08. The molecule has 0 saturated heterocycles. The zero-order valence-electron chi connectivity index (χ0n) is 11.7. The maximum Gasteiger partial charge on any atom is 0.183 e. The Morgan fingerprint density at radius 2 is 2.15 bits per heavy atom. The molecule has 0 amide bonds. The summed E-state index contributed by atoms with van der Waals surface area (Å²) in [5, 5.41) is 4.31. The van der Waals surface area contributed by atoms with Crippen molar-refractivity contribution in [1.82, 2.24) is 4.98 Å². The fraction of sp³-hybridized carbons (Fsp3) is 0.400. The van der Waals surface area contributed by atoms with Crippen molar-refractivity contribution in [1.29, 1.82) is 0 Å². The molecule has 3 rings (SSSR count). The number of para-hydroxylation sites is 1. The monoisotopic (exact) mass is 290 g/mol. The Balaban J connectivity index is 1.71. The number of ether oxygens (including phenoxy) is 2. The molecule has 4 nitrogen and oxygen atoms in total. The molecule has 0 fully saturated rings. The first kappa shape index (κ1) is 13.2. The number of benzene rings is 1. The third-order valence-corrected chi connectivity index (χ3v) is 4.43. The number of thiazole rings is 1. The normalized spacial score (nSPS) is 13.6. The Hall–Kier alpha value is -1.75. The van der Waals surface area contributed by atoms with E-state index in [4.69, 9.17) is 9.47 Å². The Bertz CT molecular complexity index is 595. The molecule has 0 saturated carbocycles. The summed E-state index contributed by atoms with van der Waals surface area (Å²) in [7, 11) is 0. The van der Waals surface area contributed by atoms with Gasteiger partial charge in [-0.05, 0) is 12.0 Å². The minimum Gasteiger partial charge on any atom is -0.486 e. The minimum absolute atomic E-state index is 0.518. The molecule has 106 valence electrons. The molecule has 0 bridgehead atoms. The highest BCUT2D eigenvalue weighted by atomic mass is 32.1. The molecule has 0 unspecified atom stereocenters. The van der Waals surface area contributed by atoms with Crippen molar-refractivity contribution in [3.63, 3.8) is 0 Å². The summed E-state index contributed by atoms with van der Waals surface area (Å²) in [6.45, 7) is 6.27. The summed E-state index contributed by atoms with van der Waals surface area (Å²) in [4.78, 5) is 5.69. The van der Waals surface area contributed by atoms with E-state index >= 15 is 0 Å². The molecule has 1 aliphatic rings. The molecule has 1 aliphatic heterocycles. The summed E-state index contributed by atoms with van der Waals surface area (Å²) < 4.78 is 11.3. The van der Waals surface area contributed by atoms with E-state index in [1.807, 2.05) is 18.3 Å². The van der Waals surface area contributed by atoms with Gasteiger partial charge in [-0.2, -0.15) is 0 Å². The van der Waals surface area contributed by atoms with Crippen molar-refractivity contribution in [2.24, 2.45) is 0 Å². The molecule has 0 atom stereocenters. The van der Waals surface area contributed by atoms with Crippen LogP contribution < -0.4 is 14.8 Å². The Morgan fingerprint density at radius 1 is 1.30 bits per heavy atom. The lowest BCUT2D eigenvalue weighted by Crippen LogP contribution is -2.17. The third-order valence-electron chi connectivity index (χ3n) is 3.17. The van der Waals surface area contributed by atoms with Crippen LogP contribution in [0.25, 0.3) is 0 Å². The number of hydrogen-bond donors (Lipinski definition) is 1. The molecule has 1 aromatic heterocycles. The largest absolute Gasteiger partial charge is 0.486 e. The number of hydrogen-bond acceptors (Lipinski definition) is 5. The lowest BCUT2D eigenvalue weighted by atomic mass is 10.2. The standard InChI is InChI=1S/C15H18N2O2S/c1-10(2)13-9-17-15(20-13)16-8-11-4-3-5-12-14(11)19-7-6-18-12/h3-5,9-10H,6-8H2,1-2H3,(H,16,17). The molecular formula is C15H18N2O2S. The smallest absolute Gasteiger partial charge is 0.183 e. The van der Waals surface area contributed by atoms with E-state index in [1.165, 1.54) is 4.88 Å². The third kappa shape index (κ3) is 2.72. The van der Waals surface area contributed by atoms with Crippen LogP contribution >= 0.6 is 11.3 Å². The number of fused-ring (bicyclic) bond motifs is 1. The quantitative estimate of drug-likeness (QED) is 0.933. The number of nitrogens with one attached hydrogen (secondary N) is 1. The maximum atomic E-state index is 5.70. The molecule has 0 aliphatic carbocycles. The van der Waals surface area contributed by atoms with E-state index in [1.54, 1.807) is 11.3 Å². The van der Waals surface area contributed by atoms with Gasteiger partial charge >= 0.3 is 0 Å². The van der Waals surface area contributed by atoms with Crippen LogP contribution in [0, 0.1) is 0 Å². The average molecular weight is 290 g/mol. The number of anilines is 1. The van der Waals surface area contributed by atoms with Crippen LogP contribution in [0.2, 0.25) is 0 Å². The number of rotatable bonds is 4. The minimum atomic E-state index is 0.518. The van der Waals surface area contributed by atoms with Gasteiger partial charge in [0.25, 0.3) is 0 Å². The number of nitrogens with zero attached hydrogens (tertiary/aromatic N) is 1. The van der Waals surface area contributed by atoms with E-state index < -0.39 is 0 Å². The molecule has 1 N–H and O–H groups in total. The van der Waals surface area contributed by atoms with Gasteiger partial charge in [-0.25, -0.2) is 4.98 Å². The summed E-state index contributed by atoms with van der Waals surface area (Å²) in [6, 6.07) is 5.99. The van der Waals surface area contributed by atoms with Crippen LogP contribution in [0.4, 0.5) is 5.13 Å². The molecular weight excluding hydrogens is 272 g/mol. The topological polar surface area (TPSA) is 43.4 Å². The van der Waals surface area contributed by atoms with Crippen molar-refractivity contribution < 1.29 is 9.47 Å². The van der Waals surface area contributed by atoms with Crippen LogP contribution in [0.15, 0.2) is 24.4 Å². The lowest BCUT2D eigenvalue weighted by molar-refractivity contribution is 0.170. The van der Waals surface area contributed by atoms with Crippen LogP contribution in [-0.4, -0.2) is 18.2 Å². The van der Waals surface area contributed by atoms with Crippen molar-refractivity contribution >= 4 is 16.5 Å². The Kier molecular flexibility index (Phi) is 3.78. The van der Waals surface area contributed by atoms with E-state index in [0.29, 0.717) is 25.7 Å². The zero-order valence-corrected chi connectivity index (χ0v) is 12.5. The van der Waals surface area contributed by atoms with E-state index in [9.17, 15) is 0 Å². The van der Waals surface area contributed by atoms with Gasteiger partial charge in [0.05, 0.1) is 0 Å². The van der Waals surface area contributed by atoms with Crippen molar-refractivity contribution in [3.05, 3.63) is 34.8 Å². The van der Waals surface area contributed by atoms with Gasteiger partial charge in [0, 0.05) is 23.2 Å². The average Bonchev–Trinajstić information content (AvgIpc) is 2.94. The van der Waals surface area contributed by atoms with E-state index in [2.05, 4.69) is 30.2 Å². The molecule has 5 heteroatoms. The second-order valence-electron chi connectivity index (χ2n) is 5.02. The fourth-order valence-corrected chi connectivity index (χ4v) is 2.89. The van der Waals surface area contributed by atoms with Gasteiger partial charge < -0.3 is 14.8 Å². The summed E-state index contributed by atoms with van der Waals surface area (Å²) in [5.41, 5.74) is 1.10. The van der Waals surface area contributed by atoms with Gasteiger partial charge in [-0.15, -0.1) is 11.3 Å². The maximum absolute atomic E-state index is 5.70. The summed E-state index contributed by atoms with van der Waals surface area (Å²) in [5.74, 6) is 2.20.